The van der Waals surface area contributed by atoms with E-state index in [1.807, 2.05) is 7.11 Å². The summed E-state index contributed by atoms with van der Waals surface area (Å²) < 4.78 is 69.0. The molecular weight excluding hydrogens is 524 g/mol. The van der Waals surface area contributed by atoms with Gasteiger partial charge in [-0.1, -0.05) is 24.3 Å². The molecule has 0 saturated carbocycles. The van der Waals surface area contributed by atoms with Gasteiger partial charge in [0, 0.05) is 50.0 Å². The van der Waals surface area contributed by atoms with Gasteiger partial charge in [-0.3, -0.25) is 9.88 Å². The lowest BCUT2D eigenvalue weighted by atomic mass is 9.78. The monoisotopic (exact) mass is 553 g/mol. The number of carboxylic acids is 2. The number of nitrogens with zero attached hydrogens (tertiary/aromatic N) is 3. The Morgan fingerprint density at radius 3 is 2.16 bits per heavy atom. The van der Waals surface area contributed by atoms with Gasteiger partial charge in [0.1, 0.15) is 0 Å². The van der Waals surface area contributed by atoms with Gasteiger partial charge in [0.05, 0.1) is 17.8 Å². The molecule has 212 valence electrons. The molecule has 1 aromatic heterocycles. The number of para-hydroxylation sites is 1. The highest BCUT2D eigenvalue weighted by Gasteiger charge is 2.49. The SMILES string of the molecule is COC[C@@H]1CN(C)C[C@@]12CCN(Cc1ccc3ccccc3n1)C2.O=C(O)C(F)(F)F.O=C(O)C(F)(F)F. The second-order valence-electron chi connectivity index (χ2n) is 9.27. The maximum Gasteiger partial charge on any atom is 0.490 e. The summed E-state index contributed by atoms with van der Waals surface area (Å²) in [6.07, 6.45) is -8.89. The summed E-state index contributed by atoms with van der Waals surface area (Å²) >= 11 is 0. The van der Waals surface area contributed by atoms with E-state index in [0.29, 0.717) is 11.3 Å². The molecule has 2 saturated heterocycles. The molecule has 0 bridgehead atoms. The normalized spacial score (nSPS) is 22.1. The molecule has 1 aromatic carbocycles. The molecule has 0 unspecified atom stereocenters. The van der Waals surface area contributed by atoms with E-state index in [1.165, 1.54) is 37.1 Å². The van der Waals surface area contributed by atoms with Crippen LogP contribution in [-0.2, 0) is 20.9 Å². The first-order chi connectivity index (χ1) is 17.6. The molecule has 2 aromatic rings. The molecule has 2 aliphatic heterocycles. The smallest absolute Gasteiger partial charge is 0.475 e. The molecule has 2 fully saturated rings. The first kappa shape index (κ1) is 31.2. The molecule has 0 aliphatic carbocycles. The van der Waals surface area contributed by atoms with Gasteiger partial charge in [0.15, 0.2) is 0 Å². The third kappa shape index (κ3) is 8.81. The quantitative estimate of drug-likeness (QED) is 0.550. The van der Waals surface area contributed by atoms with E-state index in [9.17, 15) is 26.3 Å². The van der Waals surface area contributed by atoms with Crippen LogP contribution in [0.15, 0.2) is 36.4 Å². The fourth-order valence-electron chi connectivity index (χ4n) is 4.74. The summed E-state index contributed by atoms with van der Waals surface area (Å²) in [6.45, 7) is 6.53. The molecule has 3 heterocycles. The third-order valence-corrected chi connectivity index (χ3v) is 6.34. The Hall–Kier alpha value is -2.97. The van der Waals surface area contributed by atoms with Gasteiger partial charge in [-0.15, -0.1) is 0 Å². The Morgan fingerprint density at radius 2 is 1.61 bits per heavy atom. The van der Waals surface area contributed by atoms with Gasteiger partial charge in [-0.25, -0.2) is 9.59 Å². The lowest BCUT2D eigenvalue weighted by molar-refractivity contribution is -0.193. The van der Waals surface area contributed by atoms with Crippen LogP contribution < -0.4 is 0 Å². The number of rotatable bonds is 4. The number of methoxy groups -OCH3 is 1. The van der Waals surface area contributed by atoms with E-state index < -0.39 is 24.3 Å². The third-order valence-electron chi connectivity index (χ3n) is 6.34. The summed E-state index contributed by atoms with van der Waals surface area (Å²) in [5.74, 6) is -4.86. The number of benzene rings is 1. The van der Waals surface area contributed by atoms with Crippen LogP contribution in [0, 0.1) is 11.3 Å². The maximum absolute atomic E-state index is 10.6. The highest BCUT2D eigenvalue weighted by atomic mass is 19.4. The molecule has 1 spiro atoms. The number of likely N-dealkylation sites (tertiary alicyclic amines) is 2. The van der Waals surface area contributed by atoms with Crippen LogP contribution in [0.4, 0.5) is 26.3 Å². The lowest BCUT2D eigenvalue weighted by Gasteiger charge is -2.30. The Kier molecular flexibility index (Phi) is 10.5. The Morgan fingerprint density at radius 1 is 1.03 bits per heavy atom. The molecule has 2 N–H and O–H groups in total. The number of aliphatic carboxylic acids is 2. The number of carboxylic acid groups (broad SMARTS) is 2. The molecular formula is C24H29F6N3O5. The van der Waals surface area contributed by atoms with Crippen molar-refractivity contribution in [2.24, 2.45) is 11.3 Å². The standard InChI is InChI=1S/C20H27N3O.2C2HF3O2/c1-22-11-17(13-24-2)20(14-22)9-10-23(15-20)12-18-8-7-16-5-3-4-6-19(16)21-18;2*3-2(4,5)1(6)7/h3-8,17H,9-15H2,1-2H3;2*(H,6,7)/t17-,20+;;/m0../s1. The molecule has 8 nitrogen and oxygen atoms in total. The number of carbonyl (C=O) groups is 2. The first-order valence-corrected chi connectivity index (χ1v) is 11.4. The largest absolute Gasteiger partial charge is 0.490 e. The molecule has 2 atom stereocenters. The number of hydrogen-bond donors (Lipinski definition) is 2. The van der Waals surface area contributed by atoms with Crippen molar-refractivity contribution in [3.8, 4) is 0 Å². The summed E-state index contributed by atoms with van der Waals surface area (Å²) in [7, 11) is 4.07. The van der Waals surface area contributed by atoms with Crippen LogP contribution >= 0.6 is 0 Å². The average Bonchev–Trinajstić information content (AvgIpc) is 3.35. The zero-order valence-electron chi connectivity index (χ0n) is 20.7. The van der Waals surface area contributed by atoms with Crippen molar-refractivity contribution in [1.82, 2.24) is 14.8 Å². The van der Waals surface area contributed by atoms with Crippen LogP contribution in [0.1, 0.15) is 12.1 Å². The number of halogens is 6. The van der Waals surface area contributed by atoms with Crippen molar-refractivity contribution >= 4 is 22.8 Å². The topological polar surface area (TPSA) is 103 Å². The van der Waals surface area contributed by atoms with Crippen molar-refractivity contribution in [2.75, 3.05) is 46.9 Å². The predicted molar refractivity (Wildman–Crippen MR) is 124 cm³/mol. The van der Waals surface area contributed by atoms with Crippen molar-refractivity contribution in [2.45, 2.75) is 25.3 Å². The van der Waals surface area contributed by atoms with Crippen LogP contribution in [0.3, 0.4) is 0 Å². The summed E-state index contributed by atoms with van der Waals surface area (Å²) in [4.78, 5) is 27.7. The van der Waals surface area contributed by atoms with Crippen LogP contribution in [0.2, 0.25) is 0 Å². The van der Waals surface area contributed by atoms with Gasteiger partial charge in [0.25, 0.3) is 0 Å². The summed E-state index contributed by atoms with van der Waals surface area (Å²) in [5, 5.41) is 15.5. The number of pyridine rings is 1. The highest BCUT2D eigenvalue weighted by Crippen LogP contribution is 2.43. The number of aromatic nitrogens is 1. The minimum absolute atomic E-state index is 0.404. The molecule has 0 radical (unpaired) electrons. The lowest BCUT2D eigenvalue weighted by Crippen LogP contribution is -2.36. The highest BCUT2D eigenvalue weighted by molar-refractivity contribution is 5.78. The Balaban J connectivity index is 0.000000301. The number of hydrogen-bond acceptors (Lipinski definition) is 6. The van der Waals surface area contributed by atoms with E-state index in [1.54, 1.807) is 0 Å². The predicted octanol–water partition coefficient (Wildman–Crippen LogP) is 3.90. The van der Waals surface area contributed by atoms with Crippen molar-refractivity contribution < 1.29 is 50.9 Å². The fraction of sp³-hybridized carbons (Fsp3) is 0.542. The van der Waals surface area contributed by atoms with Gasteiger partial charge in [-0.2, -0.15) is 26.3 Å². The molecule has 14 heteroatoms. The van der Waals surface area contributed by atoms with E-state index in [2.05, 4.69) is 53.2 Å². The van der Waals surface area contributed by atoms with Crippen molar-refractivity contribution in [1.29, 1.82) is 0 Å². The van der Waals surface area contributed by atoms with Gasteiger partial charge >= 0.3 is 24.3 Å². The molecule has 38 heavy (non-hydrogen) atoms. The summed E-state index contributed by atoms with van der Waals surface area (Å²) in [5.41, 5.74) is 2.68. The van der Waals surface area contributed by atoms with Crippen molar-refractivity contribution in [3.63, 3.8) is 0 Å². The molecule has 4 rings (SSSR count). The van der Waals surface area contributed by atoms with Crippen LogP contribution in [0.25, 0.3) is 10.9 Å². The number of fused-ring (bicyclic) bond motifs is 1. The van der Waals surface area contributed by atoms with Gasteiger partial charge in [0.2, 0.25) is 0 Å². The minimum Gasteiger partial charge on any atom is -0.475 e. The van der Waals surface area contributed by atoms with Gasteiger partial charge in [-0.05, 0) is 32.1 Å². The second-order valence-corrected chi connectivity index (χ2v) is 9.27. The van der Waals surface area contributed by atoms with Crippen LogP contribution in [0.5, 0.6) is 0 Å². The van der Waals surface area contributed by atoms with E-state index in [4.69, 9.17) is 29.5 Å². The van der Waals surface area contributed by atoms with E-state index in [-0.39, 0.29) is 0 Å². The Labute approximate surface area is 214 Å². The first-order valence-electron chi connectivity index (χ1n) is 11.4. The Bertz CT molecular complexity index is 1070. The van der Waals surface area contributed by atoms with Crippen molar-refractivity contribution in [3.05, 3.63) is 42.1 Å². The maximum atomic E-state index is 10.6. The second kappa shape index (κ2) is 12.7. The van der Waals surface area contributed by atoms with Gasteiger partial charge < -0.3 is 19.8 Å². The number of ether oxygens (including phenoxy) is 1. The molecule has 2 aliphatic rings. The van der Waals surface area contributed by atoms with E-state index in [0.717, 1.165) is 25.2 Å². The zero-order valence-corrected chi connectivity index (χ0v) is 20.7. The zero-order chi connectivity index (χ0) is 28.7. The minimum atomic E-state index is -5.08. The van der Waals surface area contributed by atoms with E-state index >= 15 is 0 Å². The average molecular weight is 554 g/mol. The van der Waals surface area contributed by atoms with Crippen LogP contribution in [-0.4, -0.2) is 96.2 Å². The summed E-state index contributed by atoms with van der Waals surface area (Å²) in [6, 6.07) is 12.7. The fourth-order valence-corrected chi connectivity index (χ4v) is 4.74. The molecule has 0 amide bonds. The number of alkyl halides is 6.